The maximum atomic E-state index is 10.9. The number of hydrogen-bond donors (Lipinski definition) is 2. The summed E-state index contributed by atoms with van der Waals surface area (Å²) in [6.45, 7) is 0.295. The van der Waals surface area contributed by atoms with Crippen LogP contribution >= 0.6 is 0 Å². The van der Waals surface area contributed by atoms with E-state index in [2.05, 4.69) is 16.9 Å². The van der Waals surface area contributed by atoms with Crippen molar-refractivity contribution in [2.75, 3.05) is 13.7 Å². The summed E-state index contributed by atoms with van der Waals surface area (Å²) in [5.41, 5.74) is 0. The minimum atomic E-state index is -0.584. The van der Waals surface area contributed by atoms with Gasteiger partial charge >= 0.3 is 5.97 Å². The predicted octanol–water partition coefficient (Wildman–Crippen LogP) is 2.58. The Kier molecular flexibility index (Phi) is 12.9. The third-order valence-electron chi connectivity index (χ3n) is 2.98. The second-order valence-corrected chi connectivity index (χ2v) is 4.76. The highest BCUT2D eigenvalue weighted by Crippen LogP contribution is 2.07. The van der Waals surface area contributed by atoms with E-state index in [1.807, 2.05) is 0 Å². The van der Waals surface area contributed by atoms with E-state index in [0.717, 1.165) is 32.1 Å². The Balaban J connectivity index is 3.31. The lowest BCUT2D eigenvalue weighted by Gasteiger charge is -2.07. The van der Waals surface area contributed by atoms with Crippen LogP contribution in [0.3, 0.4) is 0 Å². The van der Waals surface area contributed by atoms with Crippen LogP contribution in [0.25, 0.3) is 0 Å². The number of unbranched alkanes of at least 4 members (excludes halogenated alkanes) is 5. The molecule has 0 aromatic rings. The van der Waals surface area contributed by atoms with E-state index < -0.39 is 6.10 Å². The predicted molar refractivity (Wildman–Crippen MR) is 75.8 cm³/mol. The van der Waals surface area contributed by atoms with Gasteiger partial charge in [0.25, 0.3) is 0 Å². The average molecular weight is 272 g/mol. The molecule has 0 fully saturated rings. The summed E-state index contributed by atoms with van der Waals surface area (Å²) in [5, 5.41) is 18.1. The summed E-state index contributed by atoms with van der Waals surface area (Å²) >= 11 is 0. The fourth-order valence-corrected chi connectivity index (χ4v) is 1.81. The van der Waals surface area contributed by atoms with Gasteiger partial charge in [-0.05, 0) is 38.5 Å². The average Bonchev–Trinajstić information content (AvgIpc) is 2.40. The minimum absolute atomic E-state index is 0.0884. The molecule has 1 atom stereocenters. The first kappa shape index (κ1) is 18.1. The summed E-state index contributed by atoms with van der Waals surface area (Å²) in [5.74, 6) is -0.356. The summed E-state index contributed by atoms with van der Waals surface area (Å²) in [6.07, 6.45) is 11.7. The largest absolute Gasteiger partial charge is 0.469 e. The first-order chi connectivity index (χ1) is 9.20. The van der Waals surface area contributed by atoms with Crippen LogP contribution < -0.4 is 0 Å². The molecule has 112 valence electrons. The van der Waals surface area contributed by atoms with Gasteiger partial charge in [-0.15, -0.1) is 0 Å². The van der Waals surface area contributed by atoms with Crippen LogP contribution in [0.1, 0.15) is 57.8 Å². The van der Waals surface area contributed by atoms with Crippen molar-refractivity contribution in [2.24, 2.45) is 0 Å². The van der Waals surface area contributed by atoms with Crippen LogP contribution in [0.4, 0.5) is 0 Å². The topological polar surface area (TPSA) is 66.8 Å². The molecule has 0 aromatic heterocycles. The van der Waals surface area contributed by atoms with E-state index in [9.17, 15) is 9.90 Å². The second kappa shape index (κ2) is 13.6. The number of carbonyl (C=O) groups excluding carboxylic acids is 1. The third kappa shape index (κ3) is 13.4. The Morgan fingerprint density at radius 3 is 2.37 bits per heavy atom. The highest BCUT2D eigenvalue weighted by Gasteiger charge is 2.09. The number of ether oxygens (including phenoxy) is 1. The zero-order valence-electron chi connectivity index (χ0n) is 12.0. The monoisotopic (exact) mass is 272 g/mol. The van der Waals surface area contributed by atoms with Crippen molar-refractivity contribution in [2.45, 2.75) is 63.9 Å². The SMILES string of the molecule is COC(=O)CC(O)CCC/C=C/CCCCCCO. The number of aliphatic hydroxyl groups excluding tert-OH is 2. The molecular weight excluding hydrogens is 244 g/mol. The van der Waals surface area contributed by atoms with Gasteiger partial charge in [0.05, 0.1) is 19.6 Å². The van der Waals surface area contributed by atoms with Crippen molar-refractivity contribution < 1.29 is 19.7 Å². The van der Waals surface area contributed by atoms with Gasteiger partial charge in [-0.3, -0.25) is 4.79 Å². The molecule has 0 rings (SSSR count). The van der Waals surface area contributed by atoms with Crippen LogP contribution in [0, 0.1) is 0 Å². The van der Waals surface area contributed by atoms with Gasteiger partial charge < -0.3 is 14.9 Å². The first-order valence-corrected chi connectivity index (χ1v) is 7.21. The number of hydrogen-bond acceptors (Lipinski definition) is 4. The molecule has 4 nitrogen and oxygen atoms in total. The lowest BCUT2D eigenvalue weighted by molar-refractivity contribution is -0.142. The zero-order valence-corrected chi connectivity index (χ0v) is 12.0. The maximum Gasteiger partial charge on any atom is 0.308 e. The van der Waals surface area contributed by atoms with Crippen molar-refractivity contribution in [3.63, 3.8) is 0 Å². The second-order valence-electron chi connectivity index (χ2n) is 4.76. The van der Waals surface area contributed by atoms with Crippen LogP contribution in [0.5, 0.6) is 0 Å². The normalized spacial score (nSPS) is 12.8. The lowest BCUT2D eigenvalue weighted by atomic mass is 10.1. The fourth-order valence-electron chi connectivity index (χ4n) is 1.81. The molecule has 0 saturated heterocycles. The van der Waals surface area contributed by atoms with Gasteiger partial charge in [-0.1, -0.05) is 25.0 Å². The van der Waals surface area contributed by atoms with Gasteiger partial charge in [0.15, 0.2) is 0 Å². The molecule has 0 spiro atoms. The summed E-state index contributed by atoms with van der Waals surface area (Å²) < 4.78 is 4.49. The van der Waals surface area contributed by atoms with E-state index in [1.165, 1.54) is 20.0 Å². The van der Waals surface area contributed by atoms with Crippen molar-refractivity contribution in [1.82, 2.24) is 0 Å². The maximum absolute atomic E-state index is 10.9. The molecule has 0 radical (unpaired) electrons. The van der Waals surface area contributed by atoms with E-state index in [4.69, 9.17) is 5.11 Å². The Hall–Kier alpha value is -0.870. The van der Waals surface area contributed by atoms with E-state index in [1.54, 1.807) is 0 Å². The van der Waals surface area contributed by atoms with Crippen molar-refractivity contribution >= 4 is 5.97 Å². The van der Waals surface area contributed by atoms with Crippen molar-refractivity contribution in [3.8, 4) is 0 Å². The quantitative estimate of drug-likeness (QED) is 0.325. The molecule has 2 N–H and O–H groups in total. The van der Waals surface area contributed by atoms with Gasteiger partial charge in [0.2, 0.25) is 0 Å². The van der Waals surface area contributed by atoms with Gasteiger partial charge in [-0.2, -0.15) is 0 Å². The van der Waals surface area contributed by atoms with Crippen LogP contribution in [0.2, 0.25) is 0 Å². The number of methoxy groups -OCH3 is 1. The summed E-state index contributed by atoms with van der Waals surface area (Å²) in [4.78, 5) is 10.9. The third-order valence-corrected chi connectivity index (χ3v) is 2.98. The number of rotatable bonds is 12. The van der Waals surface area contributed by atoms with Crippen molar-refractivity contribution in [1.29, 1.82) is 0 Å². The van der Waals surface area contributed by atoms with Crippen LogP contribution in [-0.4, -0.2) is 36.0 Å². The van der Waals surface area contributed by atoms with E-state index in [0.29, 0.717) is 13.0 Å². The molecular formula is C15H28O4. The molecule has 19 heavy (non-hydrogen) atoms. The smallest absolute Gasteiger partial charge is 0.308 e. The number of carbonyl (C=O) groups is 1. The highest BCUT2D eigenvalue weighted by atomic mass is 16.5. The lowest BCUT2D eigenvalue weighted by Crippen LogP contribution is -2.14. The van der Waals surface area contributed by atoms with Crippen LogP contribution in [0.15, 0.2) is 12.2 Å². The highest BCUT2D eigenvalue weighted by molar-refractivity contribution is 5.69. The summed E-state index contributed by atoms with van der Waals surface area (Å²) in [7, 11) is 1.33. The zero-order chi connectivity index (χ0) is 14.3. The molecule has 0 bridgehead atoms. The number of allylic oxidation sites excluding steroid dienone is 2. The molecule has 0 aliphatic heterocycles. The molecule has 1 unspecified atom stereocenters. The molecule has 0 saturated carbocycles. The van der Waals surface area contributed by atoms with Gasteiger partial charge in [0.1, 0.15) is 0 Å². The van der Waals surface area contributed by atoms with Crippen molar-refractivity contribution in [3.05, 3.63) is 12.2 Å². The fraction of sp³-hybridized carbons (Fsp3) is 0.800. The molecule has 0 aliphatic rings. The first-order valence-electron chi connectivity index (χ1n) is 7.21. The Morgan fingerprint density at radius 1 is 1.11 bits per heavy atom. The molecule has 4 heteroatoms. The van der Waals surface area contributed by atoms with Gasteiger partial charge in [-0.25, -0.2) is 0 Å². The molecule has 0 aliphatic carbocycles. The Bertz CT molecular complexity index is 238. The van der Waals surface area contributed by atoms with Crippen LogP contribution in [-0.2, 0) is 9.53 Å². The Morgan fingerprint density at radius 2 is 1.74 bits per heavy atom. The molecule has 0 heterocycles. The summed E-state index contributed by atoms with van der Waals surface area (Å²) in [6, 6.07) is 0. The molecule has 0 amide bonds. The Labute approximate surface area is 116 Å². The number of aliphatic hydroxyl groups is 2. The van der Waals surface area contributed by atoms with E-state index >= 15 is 0 Å². The van der Waals surface area contributed by atoms with E-state index in [-0.39, 0.29) is 12.4 Å². The standard InChI is InChI=1S/C15H28O4/c1-19-15(18)13-14(17)11-9-7-5-3-2-4-6-8-10-12-16/h3,5,14,16-17H,2,4,6-13H2,1H3/b5-3+. The number of esters is 1. The van der Waals surface area contributed by atoms with Gasteiger partial charge in [0, 0.05) is 6.61 Å². The minimum Gasteiger partial charge on any atom is -0.469 e. The molecule has 0 aromatic carbocycles.